The van der Waals surface area contributed by atoms with Gasteiger partial charge in [0.2, 0.25) is 0 Å². The Kier molecular flexibility index (Phi) is 3.70. The number of aryl methyl sites for hydroxylation is 1. The predicted octanol–water partition coefficient (Wildman–Crippen LogP) is 3.23. The second-order valence-electron chi connectivity index (χ2n) is 5.47. The van der Waals surface area contributed by atoms with Gasteiger partial charge in [0.15, 0.2) is 0 Å². The van der Waals surface area contributed by atoms with Crippen LogP contribution in [-0.2, 0) is 6.42 Å². The van der Waals surface area contributed by atoms with E-state index in [4.69, 9.17) is 5.73 Å². The number of pyridine rings is 1. The second-order valence-corrected chi connectivity index (χ2v) is 5.47. The summed E-state index contributed by atoms with van der Waals surface area (Å²) in [5.74, 6) is 0.541. The van der Waals surface area contributed by atoms with E-state index in [-0.39, 0.29) is 0 Å². The lowest BCUT2D eigenvalue weighted by atomic mass is 9.82. The third-order valence-corrected chi connectivity index (χ3v) is 4.29. The summed E-state index contributed by atoms with van der Waals surface area (Å²) in [6.07, 6.45) is 7.30. The Morgan fingerprint density at radius 1 is 1.20 bits per heavy atom. The Labute approximate surface area is 120 Å². The molecule has 0 fully saturated rings. The number of nitrogens with zero attached hydrogens (tertiary/aromatic N) is 2. The van der Waals surface area contributed by atoms with Crippen LogP contribution in [0.5, 0.6) is 0 Å². The van der Waals surface area contributed by atoms with Crippen LogP contribution in [0.2, 0.25) is 0 Å². The number of nitrogens with two attached hydrogens (primary N) is 1. The molecular weight excluding hydrogens is 246 g/mol. The smallest absolute Gasteiger partial charge is 0.0438 e. The number of hydrogen-bond donors (Lipinski definition) is 1. The maximum absolute atomic E-state index is 5.89. The fourth-order valence-electron chi connectivity index (χ4n) is 3.07. The van der Waals surface area contributed by atoms with E-state index in [0.717, 1.165) is 12.2 Å². The first kappa shape index (κ1) is 13.1. The van der Waals surface area contributed by atoms with Crippen molar-refractivity contribution in [1.29, 1.82) is 0 Å². The molecule has 0 unspecified atom stereocenters. The first-order chi connectivity index (χ1) is 9.79. The van der Waals surface area contributed by atoms with Crippen molar-refractivity contribution in [3.63, 3.8) is 0 Å². The van der Waals surface area contributed by atoms with E-state index in [1.54, 1.807) is 0 Å². The number of anilines is 2. The molecule has 0 bridgehead atoms. The summed E-state index contributed by atoms with van der Waals surface area (Å²) in [6.45, 7) is 0.756. The normalized spacial score (nSPS) is 17.6. The third kappa shape index (κ3) is 2.41. The van der Waals surface area contributed by atoms with E-state index in [0.29, 0.717) is 5.92 Å². The number of benzene rings is 1. The van der Waals surface area contributed by atoms with Crippen molar-refractivity contribution >= 4 is 11.4 Å². The minimum Gasteiger partial charge on any atom is -0.345 e. The van der Waals surface area contributed by atoms with Crippen molar-refractivity contribution in [1.82, 2.24) is 4.98 Å². The molecule has 2 N–H and O–H groups in total. The highest BCUT2D eigenvalue weighted by Crippen LogP contribution is 2.34. The van der Waals surface area contributed by atoms with Gasteiger partial charge in [0.05, 0.1) is 0 Å². The number of fused-ring (bicyclic) bond motifs is 1. The number of hydrogen-bond acceptors (Lipinski definition) is 3. The molecule has 1 aliphatic rings. The Hall–Kier alpha value is -1.87. The highest BCUT2D eigenvalue weighted by atomic mass is 15.1. The zero-order valence-electron chi connectivity index (χ0n) is 11.9. The molecular formula is C17H21N3. The second kappa shape index (κ2) is 5.63. The van der Waals surface area contributed by atoms with Crippen LogP contribution in [0.25, 0.3) is 0 Å². The minimum atomic E-state index is 0.541. The van der Waals surface area contributed by atoms with Crippen molar-refractivity contribution in [2.24, 2.45) is 5.73 Å². The molecule has 1 aromatic carbocycles. The van der Waals surface area contributed by atoms with Gasteiger partial charge in [-0.05, 0) is 67.1 Å². The van der Waals surface area contributed by atoms with Gasteiger partial charge in [-0.15, -0.1) is 0 Å². The maximum atomic E-state index is 5.89. The molecule has 3 rings (SSSR count). The third-order valence-electron chi connectivity index (χ3n) is 4.29. The quantitative estimate of drug-likeness (QED) is 0.928. The molecule has 104 valence electrons. The van der Waals surface area contributed by atoms with E-state index in [2.05, 4.69) is 35.1 Å². The molecule has 0 saturated heterocycles. The largest absolute Gasteiger partial charge is 0.345 e. The number of rotatable bonds is 3. The molecule has 3 nitrogen and oxygen atoms in total. The van der Waals surface area contributed by atoms with Crippen LogP contribution in [0.4, 0.5) is 11.4 Å². The van der Waals surface area contributed by atoms with Gasteiger partial charge in [0.25, 0.3) is 0 Å². The van der Waals surface area contributed by atoms with E-state index in [1.807, 2.05) is 24.5 Å². The molecule has 1 aliphatic carbocycles. The van der Waals surface area contributed by atoms with Crippen LogP contribution >= 0.6 is 0 Å². The molecule has 1 atom stereocenters. The maximum Gasteiger partial charge on any atom is 0.0438 e. The molecule has 20 heavy (non-hydrogen) atoms. The highest BCUT2D eigenvalue weighted by Gasteiger charge is 2.19. The van der Waals surface area contributed by atoms with E-state index >= 15 is 0 Å². The molecule has 0 saturated carbocycles. The van der Waals surface area contributed by atoms with Gasteiger partial charge in [-0.1, -0.05) is 6.07 Å². The lowest BCUT2D eigenvalue weighted by Crippen LogP contribution is -2.19. The Morgan fingerprint density at radius 2 is 2.00 bits per heavy atom. The van der Waals surface area contributed by atoms with E-state index in [1.165, 1.54) is 36.1 Å². The van der Waals surface area contributed by atoms with Crippen LogP contribution in [0.3, 0.4) is 0 Å². The molecule has 1 aromatic heterocycles. The van der Waals surface area contributed by atoms with Crippen LogP contribution in [0, 0.1) is 0 Å². The van der Waals surface area contributed by atoms with Crippen LogP contribution < -0.4 is 10.6 Å². The summed E-state index contributed by atoms with van der Waals surface area (Å²) in [5.41, 5.74) is 11.2. The SMILES string of the molecule is CN(c1ccncc1)c1ccc2c(c1)CCC[C@H]2CN. The van der Waals surface area contributed by atoms with Gasteiger partial charge >= 0.3 is 0 Å². The van der Waals surface area contributed by atoms with Crippen molar-refractivity contribution in [3.8, 4) is 0 Å². The summed E-state index contributed by atoms with van der Waals surface area (Å²) in [4.78, 5) is 6.27. The molecule has 0 spiro atoms. The lowest BCUT2D eigenvalue weighted by Gasteiger charge is -2.27. The van der Waals surface area contributed by atoms with Gasteiger partial charge in [0.1, 0.15) is 0 Å². The zero-order valence-corrected chi connectivity index (χ0v) is 11.9. The summed E-state index contributed by atoms with van der Waals surface area (Å²) in [6, 6.07) is 10.8. The van der Waals surface area contributed by atoms with Crippen molar-refractivity contribution < 1.29 is 0 Å². The summed E-state index contributed by atoms with van der Waals surface area (Å²) in [7, 11) is 2.10. The van der Waals surface area contributed by atoms with E-state index < -0.39 is 0 Å². The first-order valence-corrected chi connectivity index (χ1v) is 7.26. The monoisotopic (exact) mass is 267 g/mol. The van der Waals surface area contributed by atoms with Gasteiger partial charge in [-0.2, -0.15) is 0 Å². The Bertz CT molecular complexity index is 580. The fourth-order valence-corrected chi connectivity index (χ4v) is 3.07. The minimum absolute atomic E-state index is 0.541. The molecule has 0 radical (unpaired) electrons. The van der Waals surface area contributed by atoms with E-state index in [9.17, 15) is 0 Å². The van der Waals surface area contributed by atoms with Crippen LogP contribution in [0.1, 0.15) is 29.9 Å². The van der Waals surface area contributed by atoms with Gasteiger partial charge in [-0.25, -0.2) is 0 Å². The van der Waals surface area contributed by atoms with Crippen molar-refractivity contribution in [3.05, 3.63) is 53.9 Å². The predicted molar refractivity (Wildman–Crippen MR) is 83.5 cm³/mol. The van der Waals surface area contributed by atoms with Crippen molar-refractivity contribution in [2.75, 3.05) is 18.5 Å². The Morgan fingerprint density at radius 3 is 2.75 bits per heavy atom. The lowest BCUT2D eigenvalue weighted by molar-refractivity contribution is 0.561. The fraction of sp³-hybridized carbons (Fsp3) is 0.353. The van der Waals surface area contributed by atoms with Crippen LogP contribution in [0.15, 0.2) is 42.7 Å². The average molecular weight is 267 g/mol. The topological polar surface area (TPSA) is 42.2 Å². The molecule has 2 aromatic rings. The van der Waals surface area contributed by atoms with Crippen molar-refractivity contribution in [2.45, 2.75) is 25.2 Å². The molecule has 0 aliphatic heterocycles. The Balaban J connectivity index is 1.92. The average Bonchev–Trinajstić information content (AvgIpc) is 2.53. The van der Waals surface area contributed by atoms with Gasteiger partial charge in [-0.3, -0.25) is 4.98 Å². The highest BCUT2D eigenvalue weighted by molar-refractivity contribution is 5.63. The summed E-state index contributed by atoms with van der Waals surface area (Å²) < 4.78 is 0. The number of aromatic nitrogens is 1. The standard InChI is InChI=1S/C17H21N3/c1-20(15-7-9-19-10-8-15)16-5-6-17-13(11-16)3-2-4-14(17)12-18/h5-11,14H,2-4,12,18H2,1H3/t14-/m0/s1. The molecule has 1 heterocycles. The molecule has 0 amide bonds. The first-order valence-electron chi connectivity index (χ1n) is 7.26. The summed E-state index contributed by atoms with van der Waals surface area (Å²) >= 11 is 0. The molecule has 3 heteroatoms. The van der Waals surface area contributed by atoms with Gasteiger partial charge < -0.3 is 10.6 Å². The van der Waals surface area contributed by atoms with Gasteiger partial charge in [0, 0.05) is 30.8 Å². The summed E-state index contributed by atoms with van der Waals surface area (Å²) in [5, 5.41) is 0. The zero-order chi connectivity index (χ0) is 13.9. The van der Waals surface area contributed by atoms with Crippen LogP contribution in [-0.4, -0.2) is 18.6 Å².